The van der Waals surface area contributed by atoms with Gasteiger partial charge in [-0.15, -0.1) is 0 Å². The summed E-state index contributed by atoms with van der Waals surface area (Å²) in [4.78, 5) is 17.6. The molecule has 1 aromatic heterocycles. The SMILES string of the molecule is CC(C)(C)[C@@H](NC(=O)CCC[C@@H](N)CF)c1nc(-c2cccc(F)c2)cn1Cc1cccc(F)c1. The van der Waals surface area contributed by atoms with Crippen LogP contribution in [0.15, 0.2) is 54.7 Å². The zero-order valence-corrected chi connectivity index (χ0v) is 20.4. The first-order valence-electron chi connectivity index (χ1n) is 11.7. The number of nitrogens with one attached hydrogen (secondary N) is 1. The van der Waals surface area contributed by atoms with Crippen LogP contribution in [0, 0.1) is 17.0 Å². The van der Waals surface area contributed by atoms with Crippen molar-refractivity contribution >= 4 is 5.91 Å². The predicted molar refractivity (Wildman–Crippen MR) is 131 cm³/mol. The average molecular weight is 487 g/mol. The van der Waals surface area contributed by atoms with Gasteiger partial charge in [-0.2, -0.15) is 0 Å². The number of nitrogens with two attached hydrogens (primary N) is 1. The first-order valence-corrected chi connectivity index (χ1v) is 11.7. The van der Waals surface area contributed by atoms with Crippen molar-refractivity contribution in [2.45, 2.75) is 58.7 Å². The molecular formula is C27H33F3N4O. The highest BCUT2D eigenvalue weighted by atomic mass is 19.1. The quantitative estimate of drug-likeness (QED) is 0.395. The van der Waals surface area contributed by atoms with E-state index in [0.717, 1.165) is 5.56 Å². The minimum Gasteiger partial charge on any atom is -0.346 e. The topological polar surface area (TPSA) is 72.9 Å². The smallest absolute Gasteiger partial charge is 0.220 e. The number of benzene rings is 2. The number of hydrogen-bond donors (Lipinski definition) is 2. The van der Waals surface area contributed by atoms with Crippen LogP contribution in [0.1, 0.15) is 57.5 Å². The molecule has 1 heterocycles. The Morgan fingerprint density at radius 3 is 2.43 bits per heavy atom. The zero-order valence-electron chi connectivity index (χ0n) is 20.4. The molecule has 2 aromatic carbocycles. The molecule has 0 unspecified atom stereocenters. The maximum Gasteiger partial charge on any atom is 0.220 e. The molecule has 5 nitrogen and oxygen atoms in total. The van der Waals surface area contributed by atoms with E-state index in [2.05, 4.69) is 5.32 Å². The molecule has 2 atom stereocenters. The second kappa shape index (κ2) is 11.5. The summed E-state index contributed by atoms with van der Waals surface area (Å²) >= 11 is 0. The maximum absolute atomic E-state index is 13.9. The fraction of sp³-hybridized carbons (Fsp3) is 0.407. The van der Waals surface area contributed by atoms with Gasteiger partial charge < -0.3 is 15.6 Å². The van der Waals surface area contributed by atoms with Gasteiger partial charge in [-0.05, 0) is 48.1 Å². The number of carbonyl (C=O) groups excluding carboxylic acids is 1. The molecule has 3 rings (SSSR count). The van der Waals surface area contributed by atoms with Crippen molar-refractivity contribution in [1.29, 1.82) is 0 Å². The summed E-state index contributed by atoms with van der Waals surface area (Å²) in [5, 5.41) is 3.07. The number of halogens is 3. The molecule has 0 spiro atoms. The molecule has 1 amide bonds. The van der Waals surface area contributed by atoms with Crippen LogP contribution in [0.25, 0.3) is 11.3 Å². The van der Waals surface area contributed by atoms with E-state index in [4.69, 9.17) is 10.7 Å². The third-order valence-electron chi connectivity index (χ3n) is 5.78. The van der Waals surface area contributed by atoms with E-state index in [0.29, 0.717) is 36.5 Å². The van der Waals surface area contributed by atoms with Crippen molar-refractivity contribution in [2.75, 3.05) is 6.67 Å². The standard InChI is InChI=1S/C27H33F3N4O/c1-27(2,3)25(33-24(35)12-6-11-22(31)15-28)26-32-23(19-8-5-10-21(30)14-19)17-34(26)16-18-7-4-9-20(29)13-18/h4-5,7-10,13-14,17,22,25H,6,11-12,15-16,31H2,1-3H3,(H,33,35)/t22-,25+/m1/s1. The molecule has 3 N–H and O–H groups in total. The van der Waals surface area contributed by atoms with E-state index in [1.54, 1.807) is 24.4 Å². The minimum atomic E-state index is -0.618. The van der Waals surface area contributed by atoms with Gasteiger partial charge in [0.1, 0.15) is 24.1 Å². The van der Waals surface area contributed by atoms with Crippen LogP contribution in [-0.4, -0.2) is 28.2 Å². The van der Waals surface area contributed by atoms with Crippen LogP contribution in [0.3, 0.4) is 0 Å². The maximum atomic E-state index is 13.9. The van der Waals surface area contributed by atoms with E-state index < -0.39 is 24.2 Å². The Labute approximate surface area is 204 Å². The van der Waals surface area contributed by atoms with Crippen molar-refractivity contribution in [1.82, 2.24) is 14.9 Å². The molecule has 0 bridgehead atoms. The van der Waals surface area contributed by atoms with Gasteiger partial charge in [-0.25, -0.2) is 18.2 Å². The zero-order chi connectivity index (χ0) is 25.6. The van der Waals surface area contributed by atoms with E-state index >= 15 is 0 Å². The second-order valence-electron chi connectivity index (χ2n) is 9.93. The summed E-state index contributed by atoms with van der Waals surface area (Å²) in [6.45, 7) is 5.66. The minimum absolute atomic E-state index is 0.191. The van der Waals surface area contributed by atoms with Gasteiger partial charge in [-0.3, -0.25) is 4.79 Å². The number of amides is 1. The van der Waals surface area contributed by atoms with Crippen LogP contribution in [0.5, 0.6) is 0 Å². The first-order chi connectivity index (χ1) is 16.6. The van der Waals surface area contributed by atoms with Crippen LogP contribution in [0.4, 0.5) is 13.2 Å². The summed E-state index contributed by atoms with van der Waals surface area (Å²) in [5.41, 5.74) is 7.08. The largest absolute Gasteiger partial charge is 0.346 e. The number of carbonyl (C=O) groups is 1. The lowest BCUT2D eigenvalue weighted by Gasteiger charge is -2.31. The van der Waals surface area contributed by atoms with Crippen molar-refractivity contribution < 1.29 is 18.0 Å². The molecule has 0 saturated heterocycles. The van der Waals surface area contributed by atoms with Crippen molar-refractivity contribution in [3.05, 3.63) is 77.8 Å². The number of alkyl halides is 1. The highest BCUT2D eigenvalue weighted by Crippen LogP contribution is 2.34. The fourth-order valence-corrected chi connectivity index (χ4v) is 3.91. The second-order valence-corrected chi connectivity index (χ2v) is 9.93. The molecule has 188 valence electrons. The van der Waals surface area contributed by atoms with Crippen molar-refractivity contribution in [3.63, 3.8) is 0 Å². The number of nitrogens with zero attached hydrogens (tertiary/aromatic N) is 2. The highest BCUT2D eigenvalue weighted by molar-refractivity contribution is 5.76. The molecule has 0 aliphatic carbocycles. The Morgan fingerprint density at radius 1 is 1.11 bits per heavy atom. The van der Waals surface area contributed by atoms with Gasteiger partial charge in [0.05, 0.1) is 11.7 Å². The van der Waals surface area contributed by atoms with Gasteiger partial charge in [0.15, 0.2) is 0 Å². The van der Waals surface area contributed by atoms with E-state index in [9.17, 15) is 18.0 Å². The lowest BCUT2D eigenvalue weighted by atomic mass is 9.86. The predicted octanol–water partition coefficient (Wildman–Crippen LogP) is 5.55. The summed E-state index contributed by atoms with van der Waals surface area (Å²) < 4.78 is 42.3. The Morgan fingerprint density at radius 2 is 1.80 bits per heavy atom. The molecule has 0 fully saturated rings. The van der Waals surface area contributed by atoms with E-state index in [1.807, 2.05) is 31.4 Å². The van der Waals surface area contributed by atoms with Gasteiger partial charge in [0, 0.05) is 30.8 Å². The average Bonchev–Trinajstić information content (AvgIpc) is 3.19. The number of hydrogen-bond acceptors (Lipinski definition) is 3. The third-order valence-corrected chi connectivity index (χ3v) is 5.78. The van der Waals surface area contributed by atoms with Gasteiger partial charge in [0.2, 0.25) is 5.91 Å². The van der Waals surface area contributed by atoms with E-state index in [-0.39, 0.29) is 24.0 Å². The third kappa shape index (κ3) is 7.42. The molecule has 0 aliphatic rings. The summed E-state index contributed by atoms with van der Waals surface area (Å²) in [5.74, 6) is -0.337. The summed E-state index contributed by atoms with van der Waals surface area (Å²) in [7, 11) is 0. The highest BCUT2D eigenvalue weighted by Gasteiger charge is 2.32. The number of aromatic nitrogens is 2. The molecule has 35 heavy (non-hydrogen) atoms. The fourth-order valence-electron chi connectivity index (χ4n) is 3.91. The molecule has 0 aliphatic heterocycles. The Hall–Kier alpha value is -3.13. The van der Waals surface area contributed by atoms with Gasteiger partial charge in [0.25, 0.3) is 0 Å². The van der Waals surface area contributed by atoms with E-state index in [1.165, 1.54) is 24.3 Å². The van der Waals surface area contributed by atoms with Crippen LogP contribution in [-0.2, 0) is 11.3 Å². The summed E-state index contributed by atoms with van der Waals surface area (Å²) in [6.07, 6.45) is 2.89. The number of imidazole rings is 1. The molecule has 0 saturated carbocycles. The Kier molecular flexibility index (Phi) is 8.72. The van der Waals surface area contributed by atoms with Crippen LogP contribution >= 0.6 is 0 Å². The van der Waals surface area contributed by atoms with Gasteiger partial charge >= 0.3 is 0 Å². The van der Waals surface area contributed by atoms with Crippen molar-refractivity contribution in [3.8, 4) is 11.3 Å². The first kappa shape index (κ1) is 26.5. The van der Waals surface area contributed by atoms with Crippen molar-refractivity contribution in [2.24, 2.45) is 11.1 Å². The monoisotopic (exact) mass is 486 g/mol. The molecular weight excluding hydrogens is 453 g/mol. The lowest BCUT2D eigenvalue weighted by Crippen LogP contribution is -2.38. The molecule has 3 aromatic rings. The lowest BCUT2D eigenvalue weighted by molar-refractivity contribution is -0.122. The van der Waals surface area contributed by atoms with Gasteiger partial charge in [-0.1, -0.05) is 45.0 Å². The normalized spacial score (nSPS) is 13.5. The Balaban J connectivity index is 1.96. The summed E-state index contributed by atoms with van der Waals surface area (Å²) in [6, 6.07) is 11.4. The van der Waals surface area contributed by atoms with Crippen LogP contribution < -0.4 is 11.1 Å². The Bertz CT molecular complexity index is 1140. The number of rotatable bonds is 10. The molecule has 8 heteroatoms. The van der Waals surface area contributed by atoms with Crippen LogP contribution in [0.2, 0.25) is 0 Å². The molecule has 0 radical (unpaired) electrons.